The van der Waals surface area contributed by atoms with Crippen LogP contribution < -0.4 is 0 Å². The minimum Gasteiger partial charge on any atom is -0.392 e. The summed E-state index contributed by atoms with van der Waals surface area (Å²) in [6.45, 7) is 5.95. The van der Waals surface area contributed by atoms with Crippen LogP contribution in [-0.2, 0) is 12.8 Å². The van der Waals surface area contributed by atoms with Gasteiger partial charge in [-0.1, -0.05) is 23.9 Å². The van der Waals surface area contributed by atoms with Crippen molar-refractivity contribution in [3.63, 3.8) is 0 Å². The van der Waals surface area contributed by atoms with E-state index in [1.165, 1.54) is 0 Å². The number of hydrogen-bond acceptors (Lipinski definition) is 4. The van der Waals surface area contributed by atoms with Crippen molar-refractivity contribution >= 4 is 17.7 Å². The standard InChI is InChI=1S/C18H25N3O2S/c1-13(2)21(11-14(3)22)17(23)16-7-5-6-15(10-16)12-24-18-19-8-9-20(18)4/h5-10,13-14,22H,11-12H2,1-4H3. The van der Waals surface area contributed by atoms with Crippen LogP contribution in [0.15, 0.2) is 41.8 Å². The van der Waals surface area contributed by atoms with Crippen LogP contribution in [0.5, 0.6) is 0 Å². The molecule has 0 radical (unpaired) electrons. The van der Waals surface area contributed by atoms with Crippen LogP contribution in [0.1, 0.15) is 36.7 Å². The predicted octanol–water partition coefficient (Wildman–Crippen LogP) is 2.94. The Hall–Kier alpha value is -1.79. The van der Waals surface area contributed by atoms with Gasteiger partial charge in [0.15, 0.2) is 5.16 Å². The molecule has 0 aliphatic carbocycles. The Balaban J connectivity index is 2.10. The Morgan fingerprint density at radius 1 is 1.38 bits per heavy atom. The summed E-state index contributed by atoms with van der Waals surface area (Å²) in [7, 11) is 1.96. The van der Waals surface area contributed by atoms with Gasteiger partial charge in [-0.3, -0.25) is 4.79 Å². The molecule has 2 rings (SSSR count). The molecule has 0 bridgehead atoms. The molecule has 0 aliphatic rings. The van der Waals surface area contributed by atoms with Gasteiger partial charge in [0, 0.05) is 43.3 Å². The highest BCUT2D eigenvalue weighted by Gasteiger charge is 2.20. The van der Waals surface area contributed by atoms with Gasteiger partial charge in [0.2, 0.25) is 0 Å². The number of aliphatic hydroxyl groups is 1. The van der Waals surface area contributed by atoms with Crippen molar-refractivity contribution in [3.05, 3.63) is 47.8 Å². The van der Waals surface area contributed by atoms with E-state index in [0.717, 1.165) is 16.5 Å². The second-order valence-electron chi connectivity index (χ2n) is 6.21. The highest BCUT2D eigenvalue weighted by molar-refractivity contribution is 7.98. The fraction of sp³-hybridized carbons (Fsp3) is 0.444. The first-order valence-corrected chi connectivity index (χ1v) is 9.05. The Morgan fingerprint density at radius 3 is 2.71 bits per heavy atom. The number of benzene rings is 1. The van der Waals surface area contributed by atoms with Gasteiger partial charge in [-0.2, -0.15) is 0 Å². The quantitative estimate of drug-likeness (QED) is 0.783. The van der Waals surface area contributed by atoms with Gasteiger partial charge in [0.1, 0.15) is 0 Å². The fourth-order valence-electron chi connectivity index (χ4n) is 2.41. The second kappa shape index (κ2) is 8.35. The number of carbonyl (C=O) groups is 1. The Morgan fingerprint density at radius 2 is 2.12 bits per heavy atom. The summed E-state index contributed by atoms with van der Waals surface area (Å²) in [5.41, 5.74) is 1.73. The van der Waals surface area contributed by atoms with E-state index >= 15 is 0 Å². The third-order valence-corrected chi connectivity index (χ3v) is 4.79. The lowest BCUT2D eigenvalue weighted by Crippen LogP contribution is -2.41. The van der Waals surface area contributed by atoms with Crippen LogP contribution in [0.4, 0.5) is 0 Å². The summed E-state index contributed by atoms with van der Waals surface area (Å²) in [4.78, 5) is 18.8. The smallest absolute Gasteiger partial charge is 0.254 e. The molecule has 1 aromatic heterocycles. The van der Waals surface area contributed by atoms with Crippen molar-refractivity contribution < 1.29 is 9.90 Å². The first kappa shape index (κ1) is 18.5. The number of imidazole rings is 1. The molecule has 0 spiro atoms. The molecule has 0 fully saturated rings. The van der Waals surface area contributed by atoms with E-state index in [4.69, 9.17) is 0 Å². The van der Waals surface area contributed by atoms with Gasteiger partial charge in [-0.15, -0.1) is 0 Å². The SMILES string of the molecule is CC(O)CN(C(=O)c1cccc(CSc2nccn2C)c1)C(C)C. The van der Waals surface area contributed by atoms with Gasteiger partial charge >= 0.3 is 0 Å². The van der Waals surface area contributed by atoms with E-state index < -0.39 is 6.10 Å². The van der Waals surface area contributed by atoms with Crippen molar-refractivity contribution in [2.75, 3.05) is 6.54 Å². The largest absolute Gasteiger partial charge is 0.392 e. The zero-order chi connectivity index (χ0) is 17.7. The zero-order valence-corrected chi connectivity index (χ0v) is 15.5. The fourth-order valence-corrected chi connectivity index (χ4v) is 3.29. The van der Waals surface area contributed by atoms with Crippen molar-refractivity contribution in [2.24, 2.45) is 7.05 Å². The van der Waals surface area contributed by atoms with Gasteiger partial charge in [-0.05, 0) is 38.5 Å². The molecule has 130 valence electrons. The molecule has 6 heteroatoms. The molecular formula is C18H25N3O2S. The third-order valence-electron chi connectivity index (χ3n) is 3.66. The number of rotatable bonds is 7. The van der Waals surface area contributed by atoms with Crippen molar-refractivity contribution in [3.8, 4) is 0 Å². The highest BCUT2D eigenvalue weighted by Crippen LogP contribution is 2.21. The number of aliphatic hydroxyl groups excluding tert-OH is 1. The van der Waals surface area contributed by atoms with E-state index in [-0.39, 0.29) is 11.9 Å². The van der Waals surface area contributed by atoms with Crippen molar-refractivity contribution in [1.82, 2.24) is 14.5 Å². The zero-order valence-electron chi connectivity index (χ0n) is 14.6. The molecule has 1 unspecified atom stereocenters. The summed E-state index contributed by atoms with van der Waals surface area (Å²) in [5, 5.41) is 10.6. The topological polar surface area (TPSA) is 58.4 Å². The lowest BCUT2D eigenvalue weighted by Gasteiger charge is -2.28. The summed E-state index contributed by atoms with van der Waals surface area (Å²) >= 11 is 1.64. The number of thioether (sulfide) groups is 1. The van der Waals surface area contributed by atoms with Crippen molar-refractivity contribution in [1.29, 1.82) is 0 Å². The van der Waals surface area contributed by atoms with Gasteiger partial charge in [-0.25, -0.2) is 4.98 Å². The lowest BCUT2D eigenvalue weighted by molar-refractivity contribution is 0.0578. The summed E-state index contributed by atoms with van der Waals surface area (Å²) in [6, 6.07) is 7.71. The average Bonchev–Trinajstić information content (AvgIpc) is 2.95. The van der Waals surface area contributed by atoms with E-state index in [1.54, 1.807) is 29.8 Å². The second-order valence-corrected chi connectivity index (χ2v) is 7.15. The molecule has 0 saturated carbocycles. The Bertz CT molecular complexity index is 682. The number of nitrogens with zero attached hydrogens (tertiary/aromatic N) is 3. The number of amides is 1. The molecule has 24 heavy (non-hydrogen) atoms. The summed E-state index contributed by atoms with van der Waals surface area (Å²) < 4.78 is 1.98. The maximum Gasteiger partial charge on any atom is 0.254 e. The Labute approximate surface area is 147 Å². The third kappa shape index (κ3) is 4.85. The minimum atomic E-state index is -0.543. The van der Waals surface area contributed by atoms with Gasteiger partial charge in [0.05, 0.1) is 6.10 Å². The summed E-state index contributed by atoms with van der Waals surface area (Å²) in [5.74, 6) is 0.707. The van der Waals surface area contributed by atoms with Crippen LogP contribution in [0.2, 0.25) is 0 Å². The molecule has 1 heterocycles. The number of aryl methyl sites for hydroxylation is 1. The van der Waals surface area contributed by atoms with Crippen LogP contribution in [0.25, 0.3) is 0 Å². The first-order valence-electron chi connectivity index (χ1n) is 8.06. The van der Waals surface area contributed by atoms with Crippen LogP contribution >= 0.6 is 11.8 Å². The van der Waals surface area contributed by atoms with Gasteiger partial charge in [0.25, 0.3) is 5.91 Å². The molecule has 1 aromatic carbocycles. The number of hydrogen-bond donors (Lipinski definition) is 1. The van der Waals surface area contributed by atoms with E-state index in [0.29, 0.717) is 12.1 Å². The first-order chi connectivity index (χ1) is 11.4. The van der Waals surface area contributed by atoms with Gasteiger partial charge < -0.3 is 14.6 Å². The van der Waals surface area contributed by atoms with E-state index in [2.05, 4.69) is 4.98 Å². The normalized spacial score (nSPS) is 12.4. The average molecular weight is 347 g/mol. The Kier molecular flexibility index (Phi) is 6.45. The monoisotopic (exact) mass is 347 g/mol. The maximum absolute atomic E-state index is 12.8. The van der Waals surface area contributed by atoms with Crippen LogP contribution in [0, 0.1) is 0 Å². The number of carbonyl (C=O) groups excluding carboxylic acids is 1. The predicted molar refractivity (Wildman–Crippen MR) is 97.1 cm³/mol. The van der Waals surface area contributed by atoms with E-state index in [9.17, 15) is 9.90 Å². The molecule has 0 aliphatic heterocycles. The molecule has 1 atom stereocenters. The highest BCUT2D eigenvalue weighted by atomic mass is 32.2. The lowest BCUT2D eigenvalue weighted by atomic mass is 10.1. The molecule has 2 aromatic rings. The maximum atomic E-state index is 12.8. The molecule has 5 nitrogen and oxygen atoms in total. The van der Waals surface area contributed by atoms with Crippen LogP contribution in [-0.4, -0.2) is 44.2 Å². The van der Waals surface area contributed by atoms with E-state index in [1.807, 2.05) is 55.9 Å². The van der Waals surface area contributed by atoms with Crippen LogP contribution in [0.3, 0.4) is 0 Å². The summed E-state index contributed by atoms with van der Waals surface area (Å²) in [6.07, 6.45) is 3.15. The number of aromatic nitrogens is 2. The molecule has 0 saturated heterocycles. The van der Waals surface area contributed by atoms with Crippen molar-refractivity contribution in [2.45, 2.75) is 43.8 Å². The molecule has 1 amide bonds. The molecule has 1 N–H and O–H groups in total. The molecular weight excluding hydrogens is 322 g/mol. The minimum absolute atomic E-state index is 0.0395.